The molecule has 2 rings (SSSR count). The molecule has 1 aliphatic heterocycles. The summed E-state index contributed by atoms with van der Waals surface area (Å²) >= 11 is 6.15. The summed E-state index contributed by atoms with van der Waals surface area (Å²) in [7, 11) is 1.96. The van der Waals surface area contributed by atoms with Crippen LogP contribution in [-0.2, 0) is 11.2 Å². The molecule has 1 unspecified atom stereocenters. The van der Waals surface area contributed by atoms with Crippen LogP contribution in [0.3, 0.4) is 0 Å². The van der Waals surface area contributed by atoms with Crippen molar-refractivity contribution in [3.8, 4) is 0 Å². The monoisotopic (exact) mass is 294 g/mol. The van der Waals surface area contributed by atoms with Crippen molar-refractivity contribution in [2.45, 2.75) is 38.1 Å². The average Bonchev–Trinajstić information content (AvgIpc) is 2.47. The van der Waals surface area contributed by atoms with Gasteiger partial charge in [-0.25, -0.2) is 0 Å². The quantitative estimate of drug-likeness (QED) is 0.906. The Kier molecular flexibility index (Phi) is 5.86. The van der Waals surface area contributed by atoms with Crippen LogP contribution in [0, 0.1) is 0 Å². The lowest BCUT2D eigenvalue weighted by Gasteiger charge is -2.36. The molecule has 1 atom stereocenters. The van der Waals surface area contributed by atoms with Gasteiger partial charge in [0.1, 0.15) is 0 Å². The number of rotatable bonds is 5. The van der Waals surface area contributed by atoms with Gasteiger partial charge in [0.15, 0.2) is 0 Å². The highest BCUT2D eigenvalue weighted by atomic mass is 35.5. The molecule has 1 aromatic rings. The lowest BCUT2D eigenvalue weighted by atomic mass is 9.98. The van der Waals surface area contributed by atoms with E-state index in [1.54, 1.807) is 0 Å². The first kappa shape index (κ1) is 15.3. The third kappa shape index (κ3) is 3.97. The zero-order valence-corrected chi connectivity index (χ0v) is 12.8. The zero-order valence-electron chi connectivity index (χ0n) is 12.1. The Morgan fingerprint density at radius 1 is 1.40 bits per heavy atom. The first-order valence-electron chi connectivity index (χ1n) is 7.40. The van der Waals surface area contributed by atoms with Crippen LogP contribution in [0.15, 0.2) is 24.3 Å². The van der Waals surface area contributed by atoms with Crippen molar-refractivity contribution in [1.82, 2.24) is 10.2 Å². The van der Waals surface area contributed by atoms with Gasteiger partial charge in [-0.1, -0.05) is 29.8 Å². The molecular formula is C16H23ClN2O. The van der Waals surface area contributed by atoms with Gasteiger partial charge in [0, 0.05) is 17.6 Å². The molecule has 0 spiro atoms. The fourth-order valence-corrected chi connectivity index (χ4v) is 3.05. The minimum Gasteiger partial charge on any atom is -0.339 e. The lowest BCUT2D eigenvalue weighted by Crippen LogP contribution is -2.45. The lowest BCUT2D eigenvalue weighted by molar-refractivity contribution is -0.134. The second-order valence-electron chi connectivity index (χ2n) is 5.40. The van der Waals surface area contributed by atoms with Crippen LogP contribution in [0.5, 0.6) is 0 Å². The van der Waals surface area contributed by atoms with E-state index in [4.69, 9.17) is 11.6 Å². The Balaban J connectivity index is 2.00. The number of hydrogen-bond acceptors (Lipinski definition) is 2. The van der Waals surface area contributed by atoms with Crippen molar-refractivity contribution >= 4 is 17.5 Å². The maximum atomic E-state index is 12.5. The van der Waals surface area contributed by atoms with E-state index in [1.165, 1.54) is 6.42 Å². The van der Waals surface area contributed by atoms with E-state index in [0.717, 1.165) is 37.9 Å². The number of nitrogens with zero attached hydrogens (tertiary/aromatic N) is 1. The minimum atomic E-state index is 0.207. The second kappa shape index (κ2) is 7.65. The van der Waals surface area contributed by atoms with Crippen LogP contribution in [0.2, 0.25) is 5.02 Å². The largest absolute Gasteiger partial charge is 0.339 e. The molecule has 0 radical (unpaired) electrons. The summed E-state index contributed by atoms with van der Waals surface area (Å²) in [6, 6.07) is 7.99. The Labute approximate surface area is 126 Å². The minimum absolute atomic E-state index is 0.207. The van der Waals surface area contributed by atoms with Gasteiger partial charge in [-0.15, -0.1) is 0 Å². The number of halogens is 1. The van der Waals surface area contributed by atoms with Gasteiger partial charge in [-0.3, -0.25) is 4.79 Å². The van der Waals surface area contributed by atoms with Crippen LogP contribution in [0.4, 0.5) is 0 Å². The first-order valence-corrected chi connectivity index (χ1v) is 7.77. The van der Waals surface area contributed by atoms with Crippen LogP contribution >= 0.6 is 11.6 Å². The number of hydrogen-bond donors (Lipinski definition) is 1. The van der Waals surface area contributed by atoms with Crippen LogP contribution in [0.1, 0.15) is 31.2 Å². The molecule has 20 heavy (non-hydrogen) atoms. The van der Waals surface area contributed by atoms with Crippen molar-refractivity contribution < 1.29 is 4.79 Å². The van der Waals surface area contributed by atoms with E-state index in [-0.39, 0.29) is 5.91 Å². The zero-order chi connectivity index (χ0) is 14.4. The number of amides is 1. The van der Waals surface area contributed by atoms with Gasteiger partial charge in [-0.05, 0) is 50.9 Å². The molecule has 1 N–H and O–H groups in total. The number of likely N-dealkylation sites (tertiary alicyclic amines) is 1. The highest BCUT2D eigenvalue weighted by Gasteiger charge is 2.26. The van der Waals surface area contributed by atoms with Crippen LogP contribution in [0.25, 0.3) is 0 Å². The molecule has 0 saturated carbocycles. The average molecular weight is 295 g/mol. The van der Waals surface area contributed by atoms with E-state index in [9.17, 15) is 4.79 Å². The topological polar surface area (TPSA) is 32.3 Å². The fraction of sp³-hybridized carbons (Fsp3) is 0.562. The maximum Gasteiger partial charge on any atom is 0.227 e. The summed E-state index contributed by atoms with van der Waals surface area (Å²) in [4.78, 5) is 14.6. The van der Waals surface area contributed by atoms with E-state index in [2.05, 4.69) is 10.2 Å². The highest BCUT2D eigenvalue weighted by molar-refractivity contribution is 6.31. The van der Waals surface area contributed by atoms with Crippen molar-refractivity contribution in [3.63, 3.8) is 0 Å². The van der Waals surface area contributed by atoms with Crippen LogP contribution in [-0.4, -0.2) is 37.0 Å². The van der Waals surface area contributed by atoms with Crippen molar-refractivity contribution in [2.75, 3.05) is 20.1 Å². The predicted octanol–water partition coefficient (Wildman–Crippen LogP) is 2.87. The van der Waals surface area contributed by atoms with E-state index in [1.807, 2.05) is 31.3 Å². The van der Waals surface area contributed by atoms with Gasteiger partial charge >= 0.3 is 0 Å². The van der Waals surface area contributed by atoms with Gasteiger partial charge in [0.2, 0.25) is 5.91 Å². The fourth-order valence-electron chi connectivity index (χ4n) is 2.85. The molecular weight excluding hydrogens is 272 g/mol. The molecule has 0 bridgehead atoms. The highest BCUT2D eigenvalue weighted by Crippen LogP contribution is 2.22. The molecule has 1 amide bonds. The number of benzene rings is 1. The van der Waals surface area contributed by atoms with Crippen LogP contribution < -0.4 is 5.32 Å². The smallest absolute Gasteiger partial charge is 0.227 e. The van der Waals surface area contributed by atoms with Gasteiger partial charge in [0.05, 0.1) is 6.42 Å². The molecule has 0 aliphatic carbocycles. The summed E-state index contributed by atoms with van der Waals surface area (Å²) in [5.74, 6) is 0.207. The molecule has 1 aliphatic rings. The summed E-state index contributed by atoms with van der Waals surface area (Å²) in [5.41, 5.74) is 0.928. The summed E-state index contributed by atoms with van der Waals surface area (Å²) < 4.78 is 0. The maximum absolute atomic E-state index is 12.5. The normalized spacial score (nSPS) is 19.1. The Morgan fingerprint density at radius 3 is 2.95 bits per heavy atom. The number of carbonyl (C=O) groups is 1. The number of nitrogens with one attached hydrogen (secondary N) is 1. The second-order valence-corrected chi connectivity index (χ2v) is 5.80. The molecule has 110 valence electrons. The Bertz CT molecular complexity index is 450. The summed E-state index contributed by atoms with van der Waals surface area (Å²) in [5, 5.41) is 3.86. The molecule has 1 heterocycles. The molecule has 1 saturated heterocycles. The molecule has 1 fully saturated rings. The van der Waals surface area contributed by atoms with Gasteiger partial charge in [-0.2, -0.15) is 0 Å². The SMILES string of the molecule is CNCCC1CCCCN1C(=O)Cc1ccccc1Cl. The summed E-state index contributed by atoms with van der Waals surface area (Å²) in [6.45, 7) is 1.85. The van der Waals surface area contributed by atoms with Gasteiger partial charge in [0.25, 0.3) is 0 Å². The number of carbonyl (C=O) groups excluding carboxylic acids is 1. The Morgan fingerprint density at radius 2 is 2.20 bits per heavy atom. The summed E-state index contributed by atoms with van der Waals surface area (Å²) in [6.07, 6.45) is 4.91. The molecule has 0 aromatic heterocycles. The number of piperidine rings is 1. The van der Waals surface area contributed by atoms with Crippen molar-refractivity contribution in [1.29, 1.82) is 0 Å². The standard InChI is InChI=1S/C16H23ClN2O/c1-18-10-9-14-7-4-5-11-19(14)16(20)12-13-6-2-3-8-15(13)17/h2-3,6,8,14,18H,4-5,7,9-12H2,1H3. The first-order chi connectivity index (χ1) is 9.72. The van der Waals surface area contributed by atoms with Crippen molar-refractivity contribution in [3.05, 3.63) is 34.9 Å². The predicted molar refractivity (Wildman–Crippen MR) is 83.1 cm³/mol. The molecule has 1 aromatic carbocycles. The van der Waals surface area contributed by atoms with E-state index >= 15 is 0 Å². The van der Waals surface area contributed by atoms with E-state index in [0.29, 0.717) is 17.5 Å². The van der Waals surface area contributed by atoms with E-state index < -0.39 is 0 Å². The Hall–Kier alpha value is -1.06. The molecule has 4 heteroatoms. The molecule has 3 nitrogen and oxygen atoms in total. The van der Waals surface area contributed by atoms with Crippen molar-refractivity contribution in [2.24, 2.45) is 0 Å². The third-order valence-corrected chi connectivity index (χ3v) is 4.34. The third-order valence-electron chi connectivity index (χ3n) is 3.97. The van der Waals surface area contributed by atoms with Gasteiger partial charge < -0.3 is 10.2 Å².